The number of alkyl halides is 3. The van der Waals surface area contributed by atoms with Gasteiger partial charge in [0.15, 0.2) is 0 Å². The summed E-state index contributed by atoms with van der Waals surface area (Å²) in [5, 5.41) is 8.86. The van der Waals surface area contributed by atoms with E-state index >= 15 is 0 Å². The van der Waals surface area contributed by atoms with Gasteiger partial charge in [0.2, 0.25) is 0 Å². The van der Waals surface area contributed by atoms with E-state index in [1.165, 1.54) is 24.3 Å². The van der Waals surface area contributed by atoms with Crippen LogP contribution in [0.25, 0.3) is 0 Å². The van der Waals surface area contributed by atoms with E-state index in [-0.39, 0.29) is 29.9 Å². The van der Waals surface area contributed by atoms with Gasteiger partial charge >= 0.3 is 12.1 Å². The smallest absolute Gasteiger partial charge is 0.393 e. The van der Waals surface area contributed by atoms with Crippen LogP contribution in [0, 0.1) is 17.2 Å². The molecule has 0 spiro atoms. The second-order valence-electron chi connectivity index (χ2n) is 5.03. The third-order valence-electron chi connectivity index (χ3n) is 3.58. The van der Waals surface area contributed by atoms with Gasteiger partial charge in [-0.05, 0) is 18.9 Å². The van der Waals surface area contributed by atoms with Crippen molar-refractivity contribution in [2.45, 2.75) is 19.0 Å². The molecule has 0 amide bonds. The summed E-state index contributed by atoms with van der Waals surface area (Å²) in [7, 11) is 1.17. The van der Waals surface area contributed by atoms with Crippen LogP contribution in [0.5, 0.6) is 0 Å². The Balaban J connectivity index is 2.35. The molecule has 0 N–H and O–H groups in total. The van der Waals surface area contributed by atoms with Gasteiger partial charge in [-0.25, -0.2) is 9.78 Å². The van der Waals surface area contributed by atoms with Crippen LogP contribution in [-0.4, -0.2) is 37.3 Å². The summed E-state index contributed by atoms with van der Waals surface area (Å²) in [4.78, 5) is 17.2. The van der Waals surface area contributed by atoms with Crippen LogP contribution in [0.15, 0.2) is 12.3 Å². The summed E-state index contributed by atoms with van der Waals surface area (Å²) in [5.41, 5.74) is 0.151. The number of piperidine rings is 1. The number of aromatic nitrogens is 1. The predicted molar refractivity (Wildman–Crippen MR) is 71.3 cm³/mol. The molecule has 0 bridgehead atoms. The first-order valence-corrected chi connectivity index (χ1v) is 6.67. The Morgan fingerprint density at radius 2 is 2.27 bits per heavy atom. The minimum Gasteiger partial charge on any atom is -0.465 e. The highest BCUT2D eigenvalue weighted by molar-refractivity contribution is 5.95. The van der Waals surface area contributed by atoms with Crippen molar-refractivity contribution in [3.8, 4) is 6.07 Å². The highest BCUT2D eigenvalue weighted by atomic mass is 19.4. The van der Waals surface area contributed by atoms with E-state index in [0.717, 1.165) is 0 Å². The summed E-state index contributed by atoms with van der Waals surface area (Å²) < 4.78 is 43.3. The van der Waals surface area contributed by atoms with Gasteiger partial charge in [-0.3, -0.25) is 0 Å². The third-order valence-corrected chi connectivity index (χ3v) is 3.58. The largest absolute Gasteiger partial charge is 0.465 e. The van der Waals surface area contributed by atoms with Crippen molar-refractivity contribution in [1.29, 1.82) is 5.26 Å². The van der Waals surface area contributed by atoms with Crippen LogP contribution in [0.4, 0.5) is 19.0 Å². The molecule has 0 aromatic carbocycles. The second-order valence-corrected chi connectivity index (χ2v) is 5.03. The summed E-state index contributed by atoms with van der Waals surface area (Å²) in [5.74, 6) is -2.06. The number of methoxy groups -OCH3 is 1. The van der Waals surface area contributed by atoms with Gasteiger partial charge < -0.3 is 9.64 Å². The van der Waals surface area contributed by atoms with Gasteiger partial charge in [-0.1, -0.05) is 0 Å². The number of nitriles is 1. The first kappa shape index (κ1) is 16.1. The van der Waals surface area contributed by atoms with Crippen molar-refractivity contribution >= 4 is 11.8 Å². The van der Waals surface area contributed by atoms with Crippen molar-refractivity contribution in [2.24, 2.45) is 5.92 Å². The number of carbonyl (C=O) groups excluding carboxylic acids is 1. The van der Waals surface area contributed by atoms with Crippen LogP contribution in [-0.2, 0) is 4.74 Å². The molecule has 1 aliphatic heterocycles. The summed E-state index contributed by atoms with van der Waals surface area (Å²) in [6.45, 7) is 0.113. The number of rotatable bonds is 2. The van der Waals surface area contributed by atoms with Crippen LogP contribution < -0.4 is 4.90 Å². The van der Waals surface area contributed by atoms with Gasteiger partial charge in [0.05, 0.1) is 18.6 Å². The summed E-state index contributed by atoms with van der Waals surface area (Å²) in [6, 6.07) is 3.12. The minimum atomic E-state index is -4.28. The number of nitrogens with zero attached hydrogens (tertiary/aromatic N) is 3. The maximum Gasteiger partial charge on any atom is 0.393 e. The Labute approximate surface area is 125 Å². The summed E-state index contributed by atoms with van der Waals surface area (Å²) in [6.07, 6.45) is -2.63. The molecule has 22 heavy (non-hydrogen) atoms. The minimum absolute atomic E-state index is 0.00405. The molecule has 0 aliphatic carbocycles. The van der Waals surface area contributed by atoms with Gasteiger partial charge in [0, 0.05) is 19.3 Å². The molecule has 1 unspecified atom stereocenters. The fraction of sp³-hybridized carbons (Fsp3) is 0.500. The quantitative estimate of drug-likeness (QED) is 0.785. The Kier molecular flexibility index (Phi) is 4.54. The van der Waals surface area contributed by atoms with Gasteiger partial charge in [-0.2, -0.15) is 18.4 Å². The molecule has 1 aliphatic rings. The maximum atomic E-state index is 12.9. The standard InChI is InChI=1S/C14H14F3N3O2/c1-22-13(21)11-5-9(6-18)7-19-12(11)20-4-2-3-10(8-20)14(15,16)17/h5,7,10H,2-4,8H2,1H3. The first-order valence-electron chi connectivity index (χ1n) is 6.67. The van der Waals surface area contributed by atoms with Crippen LogP contribution in [0.3, 0.4) is 0 Å². The highest BCUT2D eigenvalue weighted by Crippen LogP contribution is 2.35. The molecule has 0 radical (unpaired) electrons. The second kappa shape index (κ2) is 6.22. The molecule has 1 fully saturated rings. The number of hydrogen-bond donors (Lipinski definition) is 0. The van der Waals surface area contributed by atoms with Gasteiger partial charge in [0.25, 0.3) is 0 Å². The Morgan fingerprint density at radius 1 is 1.55 bits per heavy atom. The fourth-order valence-electron chi connectivity index (χ4n) is 2.47. The third kappa shape index (κ3) is 3.30. The monoisotopic (exact) mass is 313 g/mol. The van der Waals surface area contributed by atoms with E-state index in [0.29, 0.717) is 13.0 Å². The van der Waals surface area contributed by atoms with Crippen molar-refractivity contribution in [3.05, 3.63) is 23.4 Å². The molecule has 118 valence electrons. The Bertz CT molecular complexity index is 610. The fourth-order valence-corrected chi connectivity index (χ4v) is 2.47. The number of hydrogen-bond acceptors (Lipinski definition) is 5. The molecule has 1 aromatic heterocycles. The molecule has 0 saturated carbocycles. The molecule has 1 atom stereocenters. The van der Waals surface area contributed by atoms with E-state index in [4.69, 9.17) is 5.26 Å². The van der Waals surface area contributed by atoms with E-state index in [9.17, 15) is 18.0 Å². The first-order chi connectivity index (χ1) is 10.4. The zero-order valence-corrected chi connectivity index (χ0v) is 11.9. The van der Waals surface area contributed by atoms with E-state index < -0.39 is 18.1 Å². The molecule has 2 heterocycles. The molecule has 5 nitrogen and oxygen atoms in total. The van der Waals surface area contributed by atoms with Crippen LogP contribution in [0.1, 0.15) is 28.8 Å². The van der Waals surface area contributed by atoms with Gasteiger partial charge in [0.1, 0.15) is 17.5 Å². The number of esters is 1. The molecule has 2 rings (SSSR count). The topological polar surface area (TPSA) is 66.2 Å². The molecule has 8 heteroatoms. The number of halogens is 3. The lowest BCUT2D eigenvalue weighted by atomic mass is 9.97. The van der Waals surface area contributed by atoms with Crippen molar-refractivity contribution in [1.82, 2.24) is 4.98 Å². The molecule has 1 saturated heterocycles. The Morgan fingerprint density at radius 3 is 2.86 bits per heavy atom. The number of carbonyl (C=O) groups is 1. The lowest BCUT2D eigenvalue weighted by Gasteiger charge is -2.35. The SMILES string of the molecule is COC(=O)c1cc(C#N)cnc1N1CCCC(C(F)(F)F)C1. The van der Waals surface area contributed by atoms with E-state index in [1.54, 1.807) is 0 Å². The lowest BCUT2D eigenvalue weighted by Crippen LogP contribution is -2.42. The Hall–Kier alpha value is -2.30. The van der Waals surface area contributed by atoms with E-state index in [1.807, 2.05) is 6.07 Å². The number of anilines is 1. The normalized spacial score (nSPS) is 18.7. The average Bonchev–Trinajstić information content (AvgIpc) is 2.52. The average molecular weight is 313 g/mol. The number of pyridine rings is 1. The molecular formula is C14H14F3N3O2. The van der Waals surface area contributed by atoms with Crippen molar-refractivity contribution in [3.63, 3.8) is 0 Å². The van der Waals surface area contributed by atoms with E-state index in [2.05, 4.69) is 9.72 Å². The van der Waals surface area contributed by atoms with Crippen LogP contribution >= 0.6 is 0 Å². The summed E-state index contributed by atoms with van der Waals surface area (Å²) >= 11 is 0. The van der Waals surface area contributed by atoms with Crippen molar-refractivity contribution in [2.75, 3.05) is 25.1 Å². The number of ether oxygens (including phenoxy) is 1. The van der Waals surface area contributed by atoms with Crippen molar-refractivity contribution < 1.29 is 22.7 Å². The highest BCUT2D eigenvalue weighted by Gasteiger charge is 2.42. The predicted octanol–water partition coefficient (Wildman–Crippen LogP) is 2.52. The zero-order chi connectivity index (χ0) is 16.3. The maximum absolute atomic E-state index is 12.9. The van der Waals surface area contributed by atoms with Gasteiger partial charge in [-0.15, -0.1) is 0 Å². The molecule has 1 aromatic rings. The lowest BCUT2D eigenvalue weighted by molar-refractivity contribution is -0.176. The zero-order valence-electron chi connectivity index (χ0n) is 11.9. The molecular weight excluding hydrogens is 299 g/mol. The van der Waals surface area contributed by atoms with Crippen LogP contribution in [0.2, 0.25) is 0 Å².